The van der Waals surface area contributed by atoms with Gasteiger partial charge in [-0.3, -0.25) is 10.2 Å². The second-order valence-electron chi connectivity index (χ2n) is 6.97. The molecule has 1 aliphatic rings. The highest BCUT2D eigenvalue weighted by Crippen LogP contribution is 2.30. The normalized spacial score (nSPS) is 17.5. The molecular weight excluding hydrogens is 372 g/mol. The van der Waals surface area contributed by atoms with Crippen molar-refractivity contribution >= 4 is 32.9 Å². The first-order valence-corrected chi connectivity index (χ1v) is 10.9. The van der Waals surface area contributed by atoms with E-state index in [0.717, 1.165) is 5.56 Å². The lowest BCUT2D eigenvalue weighted by Gasteiger charge is -2.19. The number of sulfonamides is 1. The Morgan fingerprint density at radius 3 is 2.58 bits per heavy atom. The van der Waals surface area contributed by atoms with Crippen LogP contribution < -0.4 is 15.5 Å². The SMILES string of the molecule is CC(C)(C)S(=O)(=O)NCCCCC(=O)NC1=NNC(c2ccccc2)S1. The van der Waals surface area contributed by atoms with Crippen LogP contribution in [0.5, 0.6) is 0 Å². The summed E-state index contributed by atoms with van der Waals surface area (Å²) in [5, 5.41) is 7.48. The number of benzene rings is 1. The van der Waals surface area contributed by atoms with Crippen molar-refractivity contribution in [2.24, 2.45) is 5.10 Å². The third-order valence-electron chi connectivity index (χ3n) is 3.79. The Kier molecular flexibility index (Phi) is 7.08. The summed E-state index contributed by atoms with van der Waals surface area (Å²) in [6.45, 7) is 5.29. The van der Waals surface area contributed by atoms with Crippen LogP contribution in [0.25, 0.3) is 0 Å². The van der Waals surface area contributed by atoms with Crippen molar-refractivity contribution in [2.75, 3.05) is 6.54 Å². The molecule has 0 spiro atoms. The van der Waals surface area contributed by atoms with Crippen LogP contribution in [0.3, 0.4) is 0 Å². The molecule has 1 unspecified atom stereocenters. The molecule has 0 fully saturated rings. The summed E-state index contributed by atoms with van der Waals surface area (Å²) in [4.78, 5) is 12.0. The second-order valence-corrected chi connectivity index (χ2v) is 10.6. The minimum absolute atomic E-state index is 0.00157. The standard InChI is InChI=1S/C17H26N4O3S2/c1-17(2,3)26(23,24)18-12-8-7-11-14(22)19-16-21-20-15(25-16)13-9-5-4-6-10-13/h4-6,9-10,15,18,20H,7-8,11-12H2,1-3H3,(H,19,21,22). The smallest absolute Gasteiger partial charge is 0.225 e. The molecule has 0 bridgehead atoms. The fraction of sp³-hybridized carbons (Fsp3) is 0.529. The summed E-state index contributed by atoms with van der Waals surface area (Å²) in [5.74, 6) is -0.120. The van der Waals surface area contributed by atoms with Crippen molar-refractivity contribution in [3.05, 3.63) is 35.9 Å². The van der Waals surface area contributed by atoms with Gasteiger partial charge in [0.25, 0.3) is 0 Å². The number of rotatable bonds is 7. The van der Waals surface area contributed by atoms with E-state index < -0.39 is 14.8 Å². The highest BCUT2D eigenvalue weighted by Gasteiger charge is 2.28. The third kappa shape index (κ3) is 6.00. The van der Waals surface area contributed by atoms with E-state index in [4.69, 9.17) is 0 Å². The Morgan fingerprint density at radius 1 is 1.23 bits per heavy atom. The van der Waals surface area contributed by atoms with Gasteiger partial charge in [0, 0.05) is 13.0 Å². The van der Waals surface area contributed by atoms with Crippen LogP contribution in [0.4, 0.5) is 0 Å². The van der Waals surface area contributed by atoms with Crippen LogP contribution in [0.2, 0.25) is 0 Å². The predicted molar refractivity (Wildman–Crippen MR) is 106 cm³/mol. The van der Waals surface area contributed by atoms with Crippen molar-refractivity contribution < 1.29 is 13.2 Å². The monoisotopic (exact) mass is 398 g/mol. The van der Waals surface area contributed by atoms with Crippen molar-refractivity contribution in [3.8, 4) is 0 Å². The molecule has 0 aromatic heterocycles. The summed E-state index contributed by atoms with van der Waals surface area (Å²) in [5.41, 5.74) is 4.09. The van der Waals surface area contributed by atoms with Gasteiger partial charge in [-0.25, -0.2) is 13.1 Å². The summed E-state index contributed by atoms with van der Waals surface area (Å²) in [7, 11) is -3.33. The molecule has 0 aliphatic carbocycles. The third-order valence-corrected chi connectivity index (χ3v) is 7.02. The fourth-order valence-electron chi connectivity index (χ4n) is 2.12. The maximum Gasteiger partial charge on any atom is 0.225 e. The van der Waals surface area contributed by atoms with E-state index in [-0.39, 0.29) is 11.3 Å². The lowest BCUT2D eigenvalue weighted by Crippen LogP contribution is -2.39. The van der Waals surface area contributed by atoms with Crippen molar-refractivity contribution in [3.63, 3.8) is 0 Å². The van der Waals surface area contributed by atoms with E-state index in [1.54, 1.807) is 20.8 Å². The molecule has 1 heterocycles. The lowest BCUT2D eigenvalue weighted by atomic mass is 10.2. The molecule has 9 heteroatoms. The van der Waals surface area contributed by atoms with Crippen LogP contribution in [-0.4, -0.2) is 30.8 Å². The lowest BCUT2D eigenvalue weighted by molar-refractivity contribution is -0.119. The van der Waals surface area contributed by atoms with Crippen molar-refractivity contribution in [1.82, 2.24) is 15.5 Å². The topological polar surface area (TPSA) is 99.7 Å². The molecule has 1 amide bonds. The number of carbonyl (C=O) groups is 1. The zero-order chi connectivity index (χ0) is 19.2. The molecular formula is C17H26N4O3S2. The van der Waals surface area contributed by atoms with Gasteiger partial charge in [-0.2, -0.15) is 5.10 Å². The molecule has 144 valence electrons. The number of hydrazone groups is 1. The Bertz CT molecular complexity index is 743. The van der Waals surface area contributed by atoms with Gasteiger partial charge in [-0.15, -0.1) is 0 Å². The van der Waals surface area contributed by atoms with E-state index in [9.17, 15) is 13.2 Å². The molecule has 1 atom stereocenters. The van der Waals surface area contributed by atoms with E-state index in [0.29, 0.717) is 31.0 Å². The van der Waals surface area contributed by atoms with Crippen LogP contribution in [0.15, 0.2) is 35.4 Å². The molecule has 2 rings (SSSR count). The highest BCUT2D eigenvalue weighted by atomic mass is 32.2. The number of amides is 1. The van der Waals surface area contributed by atoms with Crippen LogP contribution in [-0.2, 0) is 14.8 Å². The Labute approximate surface area is 159 Å². The van der Waals surface area contributed by atoms with E-state index >= 15 is 0 Å². The number of hydrogen-bond donors (Lipinski definition) is 3. The van der Waals surface area contributed by atoms with Crippen molar-refractivity contribution in [1.29, 1.82) is 0 Å². The van der Waals surface area contributed by atoms with Gasteiger partial charge in [0.15, 0.2) is 5.17 Å². The van der Waals surface area contributed by atoms with E-state index in [1.807, 2.05) is 30.3 Å². The van der Waals surface area contributed by atoms with Gasteiger partial charge >= 0.3 is 0 Å². The number of hydrogen-bond acceptors (Lipinski definition) is 6. The molecule has 3 N–H and O–H groups in total. The van der Waals surface area contributed by atoms with Crippen LogP contribution >= 0.6 is 11.8 Å². The maximum atomic E-state index is 12.0. The quantitative estimate of drug-likeness (QED) is 0.612. The van der Waals surface area contributed by atoms with Crippen molar-refractivity contribution in [2.45, 2.75) is 50.2 Å². The highest BCUT2D eigenvalue weighted by molar-refractivity contribution is 8.14. The molecule has 7 nitrogen and oxygen atoms in total. The molecule has 1 aromatic carbocycles. The van der Waals surface area contributed by atoms with Gasteiger partial charge in [0.05, 0.1) is 4.75 Å². The minimum atomic E-state index is -3.33. The Morgan fingerprint density at radius 2 is 1.92 bits per heavy atom. The number of unbranched alkanes of at least 4 members (excludes halogenated alkanes) is 1. The van der Waals surface area contributed by atoms with E-state index in [2.05, 4.69) is 20.6 Å². The van der Waals surface area contributed by atoms with Gasteiger partial charge in [0.1, 0.15) is 5.37 Å². The van der Waals surface area contributed by atoms with Crippen LogP contribution in [0, 0.1) is 0 Å². The molecule has 1 aliphatic heterocycles. The largest absolute Gasteiger partial charge is 0.304 e. The number of amidine groups is 1. The first-order chi connectivity index (χ1) is 12.2. The zero-order valence-corrected chi connectivity index (χ0v) is 16.9. The average Bonchev–Trinajstić information content (AvgIpc) is 3.02. The average molecular weight is 399 g/mol. The molecule has 1 aromatic rings. The van der Waals surface area contributed by atoms with Gasteiger partial charge in [0.2, 0.25) is 15.9 Å². The predicted octanol–water partition coefficient (Wildman–Crippen LogP) is 2.30. The van der Waals surface area contributed by atoms with Crippen LogP contribution in [0.1, 0.15) is 51.0 Å². The number of thioether (sulfide) groups is 1. The second kappa shape index (κ2) is 8.88. The maximum absolute atomic E-state index is 12.0. The zero-order valence-electron chi connectivity index (χ0n) is 15.3. The molecule has 0 saturated heterocycles. The molecule has 0 radical (unpaired) electrons. The molecule has 0 saturated carbocycles. The van der Waals surface area contributed by atoms with Gasteiger partial charge in [-0.05, 0) is 39.2 Å². The number of nitrogens with one attached hydrogen (secondary N) is 3. The number of carbonyl (C=O) groups excluding carboxylic acids is 1. The fourth-order valence-corrected chi connectivity index (χ4v) is 3.87. The summed E-state index contributed by atoms with van der Waals surface area (Å²) in [6, 6.07) is 9.88. The first kappa shape index (κ1) is 20.7. The summed E-state index contributed by atoms with van der Waals surface area (Å²) in [6.07, 6.45) is 1.53. The summed E-state index contributed by atoms with van der Waals surface area (Å²) < 4.78 is 25.6. The number of nitrogens with zero attached hydrogens (tertiary/aromatic N) is 1. The van der Waals surface area contributed by atoms with E-state index in [1.165, 1.54) is 11.8 Å². The van der Waals surface area contributed by atoms with Gasteiger partial charge in [-0.1, -0.05) is 42.1 Å². The Balaban J connectivity index is 1.64. The Hall–Kier alpha value is -1.58. The summed E-state index contributed by atoms with van der Waals surface area (Å²) >= 11 is 1.46. The first-order valence-electron chi connectivity index (χ1n) is 8.53. The minimum Gasteiger partial charge on any atom is -0.304 e. The molecule has 26 heavy (non-hydrogen) atoms. The van der Waals surface area contributed by atoms with Gasteiger partial charge < -0.3 is 5.32 Å².